The van der Waals surface area contributed by atoms with Gasteiger partial charge in [-0.1, -0.05) is 0 Å². The van der Waals surface area contributed by atoms with Crippen molar-refractivity contribution in [1.82, 2.24) is 9.55 Å². The summed E-state index contributed by atoms with van der Waals surface area (Å²) in [5.41, 5.74) is -1.03. The summed E-state index contributed by atoms with van der Waals surface area (Å²) in [7, 11) is -3.44. The molecule has 28 heavy (non-hydrogen) atoms. The van der Waals surface area contributed by atoms with E-state index in [4.69, 9.17) is 33.6 Å². The molecular formula is C15H25N2O10P. The highest BCUT2D eigenvalue weighted by molar-refractivity contribution is 7.46. The summed E-state index contributed by atoms with van der Waals surface area (Å²) in [6.07, 6.45) is -3.23. The van der Waals surface area contributed by atoms with Gasteiger partial charge in [-0.3, -0.25) is 18.9 Å². The zero-order chi connectivity index (χ0) is 21.1. The molecular weight excluding hydrogens is 399 g/mol. The topological polar surface area (TPSA) is 170 Å². The first kappa shape index (κ1) is 22.9. The lowest BCUT2D eigenvalue weighted by atomic mass is 10.1. The zero-order valence-electron chi connectivity index (χ0n) is 15.7. The number of phosphoric ester groups is 1. The Morgan fingerprint density at radius 2 is 2.04 bits per heavy atom. The van der Waals surface area contributed by atoms with Crippen molar-refractivity contribution < 1.29 is 38.2 Å². The third-order valence-electron chi connectivity index (χ3n) is 4.30. The highest BCUT2D eigenvalue weighted by Gasteiger charge is 2.50. The Kier molecular flexibility index (Phi) is 7.71. The maximum atomic E-state index is 12.3. The lowest BCUT2D eigenvalue weighted by Crippen LogP contribution is -2.42. The van der Waals surface area contributed by atoms with Crippen LogP contribution in [0, 0.1) is 6.92 Å². The Hall–Kier alpha value is -1.37. The van der Waals surface area contributed by atoms with Crippen LogP contribution in [0.4, 0.5) is 0 Å². The molecule has 160 valence electrons. The van der Waals surface area contributed by atoms with E-state index in [0.29, 0.717) is 6.42 Å². The molecule has 0 spiro atoms. The third-order valence-corrected chi connectivity index (χ3v) is 4.90. The van der Waals surface area contributed by atoms with E-state index >= 15 is 0 Å². The van der Waals surface area contributed by atoms with Crippen LogP contribution in [0.2, 0.25) is 0 Å². The quantitative estimate of drug-likeness (QED) is 0.285. The molecule has 0 aliphatic carbocycles. The third kappa shape index (κ3) is 5.37. The summed E-state index contributed by atoms with van der Waals surface area (Å²) < 4.78 is 34.0. The summed E-state index contributed by atoms with van der Waals surface area (Å²) in [5.74, 6) is 0. The second-order valence-electron chi connectivity index (χ2n) is 6.38. The van der Waals surface area contributed by atoms with E-state index in [1.807, 2.05) is 0 Å². The zero-order valence-corrected chi connectivity index (χ0v) is 16.6. The number of nitrogens with one attached hydrogen (secondary N) is 1. The molecule has 4 N–H and O–H groups in total. The van der Waals surface area contributed by atoms with Crippen molar-refractivity contribution in [2.75, 3.05) is 20.3 Å². The molecule has 2 heterocycles. The molecule has 13 heteroatoms. The molecule has 0 amide bonds. The number of aliphatic hydroxyl groups is 1. The van der Waals surface area contributed by atoms with Gasteiger partial charge in [0.05, 0.1) is 6.10 Å². The van der Waals surface area contributed by atoms with Gasteiger partial charge in [-0.2, -0.15) is 0 Å². The van der Waals surface area contributed by atoms with Gasteiger partial charge in [-0.15, -0.1) is 0 Å². The van der Waals surface area contributed by atoms with Gasteiger partial charge in [0.25, 0.3) is 5.56 Å². The molecule has 0 radical (unpaired) electrons. The summed E-state index contributed by atoms with van der Waals surface area (Å²) in [4.78, 5) is 44.3. The number of hydrogen-bond donors (Lipinski definition) is 4. The van der Waals surface area contributed by atoms with Crippen LogP contribution in [0.25, 0.3) is 0 Å². The van der Waals surface area contributed by atoms with Gasteiger partial charge in [-0.05, 0) is 20.3 Å². The predicted octanol–water partition coefficient (Wildman–Crippen LogP) is -0.977. The molecule has 12 nitrogen and oxygen atoms in total. The van der Waals surface area contributed by atoms with Gasteiger partial charge in [0.1, 0.15) is 18.3 Å². The fraction of sp³-hybridized carbons (Fsp3) is 0.733. The summed E-state index contributed by atoms with van der Waals surface area (Å²) >= 11 is 0. The van der Waals surface area contributed by atoms with Crippen LogP contribution in [-0.2, 0) is 23.3 Å². The van der Waals surface area contributed by atoms with Gasteiger partial charge in [0.2, 0.25) is 0 Å². The van der Waals surface area contributed by atoms with E-state index < -0.39 is 49.7 Å². The number of aromatic amines is 1. The number of H-pyrrole nitrogens is 1. The van der Waals surface area contributed by atoms with Gasteiger partial charge in [0, 0.05) is 32.1 Å². The molecule has 1 saturated heterocycles. The van der Waals surface area contributed by atoms with Crippen molar-refractivity contribution >= 4 is 7.82 Å². The highest BCUT2D eigenvalue weighted by atomic mass is 31.2. The summed E-state index contributed by atoms with van der Waals surface area (Å²) in [5, 5.41) is 8.98. The van der Waals surface area contributed by atoms with Crippen LogP contribution in [0.15, 0.2) is 15.8 Å². The monoisotopic (exact) mass is 424 g/mol. The van der Waals surface area contributed by atoms with E-state index in [9.17, 15) is 14.2 Å². The van der Waals surface area contributed by atoms with Gasteiger partial charge in [-0.25, -0.2) is 9.36 Å². The van der Waals surface area contributed by atoms with Crippen molar-refractivity contribution in [2.45, 2.75) is 50.9 Å². The number of aromatic nitrogens is 2. The molecule has 1 aromatic rings. The Bertz CT molecular complexity index is 818. The van der Waals surface area contributed by atoms with Crippen molar-refractivity contribution in [1.29, 1.82) is 0 Å². The molecule has 2 rings (SSSR count). The van der Waals surface area contributed by atoms with Crippen LogP contribution in [0.1, 0.15) is 25.1 Å². The highest BCUT2D eigenvalue weighted by Crippen LogP contribution is 2.42. The molecule has 1 aliphatic rings. The minimum Gasteiger partial charge on any atom is -0.396 e. The van der Waals surface area contributed by atoms with Crippen molar-refractivity contribution in [3.63, 3.8) is 0 Å². The number of aliphatic hydroxyl groups excluding tert-OH is 1. The first-order valence-corrected chi connectivity index (χ1v) is 10.1. The second kappa shape index (κ2) is 9.42. The normalized spacial score (nSPS) is 26.5. The van der Waals surface area contributed by atoms with E-state index in [-0.39, 0.29) is 18.8 Å². The largest absolute Gasteiger partial charge is 0.469 e. The maximum Gasteiger partial charge on any atom is 0.469 e. The van der Waals surface area contributed by atoms with E-state index in [1.165, 1.54) is 27.2 Å². The Balaban J connectivity index is 2.40. The SMILES string of the molecule is CO[C@@H]1[C@@H]([C@@H](C)OP(=O)(O)O)OC(n2cc(C)c(=O)[nH]c2=O)[C@@H]1OCCCO. The lowest BCUT2D eigenvalue weighted by molar-refractivity contribution is -0.0863. The minimum atomic E-state index is -4.80. The standard InChI is InChI=1S/C15H25N2O10P/c1-8-7-17(15(20)16-13(8)19)14-12(25-6-4-5-18)11(24-3)10(26-14)9(2)27-28(21,22)23/h7,9-12,14,18H,4-6H2,1-3H3,(H,16,19,20)(H2,21,22,23)/t9-,10-,11-,12-,14?/m1/s1. The number of hydrogen-bond acceptors (Lipinski definition) is 8. The van der Waals surface area contributed by atoms with Gasteiger partial charge in [0.15, 0.2) is 6.23 Å². The Morgan fingerprint density at radius 1 is 1.36 bits per heavy atom. The molecule has 0 saturated carbocycles. The average molecular weight is 424 g/mol. The van der Waals surface area contributed by atoms with Gasteiger partial charge >= 0.3 is 13.5 Å². The molecule has 0 bridgehead atoms. The van der Waals surface area contributed by atoms with Crippen LogP contribution in [0.3, 0.4) is 0 Å². The van der Waals surface area contributed by atoms with E-state index in [2.05, 4.69) is 4.98 Å². The molecule has 1 aliphatic heterocycles. The number of methoxy groups -OCH3 is 1. The second-order valence-corrected chi connectivity index (χ2v) is 7.58. The number of ether oxygens (including phenoxy) is 3. The smallest absolute Gasteiger partial charge is 0.396 e. The minimum absolute atomic E-state index is 0.116. The number of rotatable bonds is 9. The van der Waals surface area contributed by atoms with Crippen LogP contribution >= 0.6 is 7.82 Å². The van der Waals surface area contributed by atoms with E-state index in [1.54, 1.807) is 0 Å². The number of phosphoric acid groups is 1. The van der Waals surface area contributed by atoms with Crippen LogP contribution < -0.4 is 11.2 Å². The van der Waals surface area contributed by atoms with Crippen molar-refractivity contribution in [2.24, 2.45) is 0 Å². The Morgan fingerprint density at radius 3 is 2.61 bits per heavy atom. The first-order valence-electron chi connectivity index (χ1n) is 8.55. The maximum absolute atomic E-state index is 12.3. The summed E-state index contributed by atoms with van der Waals surface area (Å²) in [6, 6.07) is 0. The Labute approximate surface area is 160 Å². The molecule has 0 aromatic carbocycles. The number of aryl methyl sites for hydroxylation is 1. The first-order chi connectivity index (χ1) is 13.1. The molecule has 5 atom stereocenters. The van der Waals surface area contributed by atoms with Crippen LogP contribution in [0.5, 0.6) is 0 Å². The molecule has 1 fully saturated rings. The van der Waals surface area contributed by atoms with Gasteiger partial charge < -0.3 is 29.1 Å². The summed E-state index contributed by atoms with van der Waals surface area (Å²) in [6.45, 7) is 2.91. The van der Waals surface area contributed by atoms with Crippen molar-refractivity contribution in [3.05, 3.63) is 32.6 Å². The average Bonchev–Trinajstić information content (AvgIpc) is 2.95. The molecule has 1 unspecified atom stereocenters. The predicted molar refractivity (Wildman–Crippen MR) is 94.8 cm³/mol. The molecule has 1 aromatic heterocycles. The fourth-order valence-corrected chi connectivity index (χ4v) is 3.60. The fourth-order valence-electron chi connectivity index (χ4n) is 3.05. The lowest BCUT2D eigenvalue weighted by Gasteiger charge is -2.26. The van der Waals surface area contributed by atoms with Crippen LogP contribution in [-0.4, -0.2) is 69.2 Å². The number of nitrogens with zero attached hydrogens (tertiary/aromatic N) is 1. The van der Waals surface area contributed by atoms with E-state index in [0.717, 1.165) is 4.57 Å². The van der Waals surface area contributed by atoms with Crippen molar-refractivity contribution in [3.8, 4) is 0 Å².